The van der Waals surface area contributed by atoms with Gasteiger partial charge >= 0.3 is 107 Å². The van der Waals surface area contributed by atoms with Gasteiger partial charge in [0.25, 0.3) is 0 Å². The summed E-state index contributed by atoms with van der Waals surface area (Å²) in [4.78, 5) is -0.432. The van der Waals surface area contributed by atoms with Gasteiger partial charge in [-0.05, 0) is 0 Å². The standard InChI is InChI=1S/C10H11Cl3Se/c11-6-10(13,7-12)8-14-9-4-2-1-3-5-9/h1-5H,6-8H2. The summed E-state index contributed by atoms with van der Waals surface area (Å²) in [6, 6.07) is 10.3. The molecule has 0 aliphatic heterocycles. The maximum absolute atomic E-state index is 6.21. The summed E-state index contributed by atoms with van der Waals surface area (Å²) in [5.74, 6) is 0.819. The number of benzene rings is 1. The molecule has 0 spiro atoms. The van der Waals surface area contributed by atoms with E-state index < -0.39 is 4.87 Å². The molecule has 0 bridgehead atoms. The van der Waals surface area contributed by atoms with Crippen LogP contribution in [0.15, 0.2) is 30.3 Å². The molecule has 4 heteroatoms. The number of alkyl halides is 3. The van der Waals surface area contributed by atoms with Crippen molar-refractivity contribution in [1.29, 1.82) is 0 Å². The Morgan fingerprint density at radius 3 is 2.14 bits per heavy atom. The third-order valence-electron chi connectivity index (χ3n) is 1.72. The Morgan fingerprint density at radius 2 is 1.64 bits per heavy atom. The molecule has 1 aromatic carbocycles. The van der Waals surface area contributed by atoms with E-state index in [1.807, 2.05) is 18.2 Å². The maximum atomic E-state index is 6.21. The van der Waals surface area contributed by atoms with Crippen molar-refractivity contribution in [3.63, 3.8) is 0 Å². The fourth-order valence-electron chi connectivity index (χ4n) is 0.842. The first-order valence-electron chi connectivity index (χ1n) is 4.19. The van der Waals surface area contributed by atoms with Gasteiger partial charge in [0.15, 0.2) is 0 Å². The summed E-state index contributed by atoms with van der Waals surface area (Å²) < 4.78 is 1.33. The molecule has 0 nitrogen and oxygen atoms in total. The van der Waals surface area contributed by atoms with Crippen LogP contribution in [0.1, 0.15) is 0 Å². The Morgan fingerprint density at radius 1 is 1.07 bits per heavy atom. The van der Waals surface area contributed by atoms with Crippen molar-refractivity contribution < 1.29 is 0 Å². The van der Waals surface area contributed by atoms with E-state index in [-0.39, 0.29) is 0 Å². The molecule has 0 aliphatic carbocycles. The number of hydrogen-bond donors (Lipinski definition) is 0. The molecule has 1 rings (SSSR count). The van der Waals surface area contributed by atoms with E-state index in [9.17, 15) is 0 Å². The van der Waals surface area contributed by atoms with Crippen molar-refractivity contribution >= 4 is 54.2 Å². The summed E-state index contributed by atoms with van der Waals surface area (Å²) in [6.45, 7) is 0. The van der Waals surface area contributed by atoms with Crippen LogP contribution in [0.5, 0.6) is 0 Å². The zero-order valence-electron chi connectivity index (χ0n) is 7.55. The average Bonchev–Trinajstić information content (AvgIpc) is 2.27. The van der Waals surface area contributed by atoms with E-state index in [0.29, 0.717) is 26.7 Å². The first-order valence-corrected chi connectivity index (χ1v) is 7.70. The van der Waals surface area contributed by atoms with E-state index in [0.717, 1.165) is 5.32 Å². The molecule has 0 amide bonds. The molecule has 0 saturated carbocycles. The average molecular weight is 317 g/mol. The van der Waals surface area contributed by atoms with Gasteiger partial charge in [-0.2, -0.15) is 0 Å². The predicted molar refractivity (Wildman–Crippen MR) is 66.7 cm³/mol. The van der Waals surface area contributed by atoms with Crippen LogP contribution >= 0.6 is 34.8 Å². The van der Waals surface area contributed by atoms with Gasteiger partial charge in [-0.25, -0.2) is 0 Å². The van der Waals surface area contributed by atoms with Crippen LogP contribution in [-0.2, 0) is 0 Å². The first-order chi connectivity index (χ1) is 6.70. The third-order valence-corrected chi connectivity index (χ3v) is 6.51. The minimum atomic E-state index is -0.432. The number of rotatable bonds is 5. The Labute approximate surface area is 106 Å². The van der Waals surface area contributed by atoms with Crippen LogP contribution in [0, 0.1) is 0 Å². The molecular formula is C10H11Cl3Se. The van der Waals surface area contributed by atoms with E-state index in [1.165, 1.54) is 4.46 Å². The molecule has 1 aromatic rings. The molecule has 0 heterocycles. The minimum absolute atomic E-state index is 0.354. The van der Waals surface area contributed by atoms with Gasteiger partial charge in [0, 0.05) is 0 Å². The van der Waals surface area contributed by atoms with Crippen molar-refractivity contribution in [3.05, 3.63) is 30.3 Å². The summed E-state index contributed by atoms with van der Waals surface area (Å²) in [6.07, 6.45) is 0. The van der Waals surface area contributed by atoms with E-state index >= 15 is 0 Å². The Kier molecular flexibility index (Phi) is 5.66. The molecule has 0 aliphatic rings. The van der Waals surface area contributed by atoms with E-state index in [2.05, 4.69) is 12.1 Å². The quantitative estimate of drug-likeness (QED) is 0.579. The van der Waals surface area contributed by atoms with Crippen molar-refractivity contribution in [1.82, 2.24) is 0 Å². The van der Waals surface area contributed by atoms with Crippen molar-refractivity contribution in [3.8, 4) is 0 Å². The fourth-order valence-corrected chi connectivity index (χ4v) is 4.16. The van der Waals surface area contributed by atoms with Crippen LogP contribution in [0.4, 0.5) is 0 Å². The van der Waals surface area contributed by atoms with Gasteiger partial charge in [-0.1, -0.05) is 0 Å². The van der Waals surface area contributed by atoms with Gasteiger partial charge in [0.1, 0.15) is 0 Å². The molecule has 0 atom stereocenters. The molecule has 0 aromatic heterocycles. The molecule has 0 fully saturated rings. The van der Waals surface area contributed by atoms with Crippen LogP contribution in [0.25, 0.3) is 0 Å². The second-order valence-electron chi connectivity index (χ2n) is 3.02. The van der Waals surface area contributed by atoms with E-state index in [1.54, 1.807) is 0 Å². The summed E-state index contributed by atoms with van der Waals surface area (Å²) in [5.41, 5.74) is 0. The molecule has 78 valence electrons. The Bertz CT molecular complexity index is 259. The summed E-state index contributed by atoms with van der Waals surface area (Å²) in [5, 5.41) is 0.874. The second kappa shape index (κ2) is 6.25. The van der Waals surface area contributed by atoms with Gasteiger partial charge in [0.05, 0.1) is 0 Å². The predicted octanol–water partition coefficient (Wildman–Crippen LogP) is 2.89. The topological polar surface area (TPSA) is 0 Å². The van der Waals surface area contributed by atoms with Gasteiger partial charge in [0.2, 0.25) is 0 Å². The van der Waals surface area contributed by atoms with Crippen LogP contribution in [0.3, 0.4) is 0 Å². The van der Waals surface area contributed by atoms with Gasteiger partial charge < -0.3 is 0 Å². The SMILES string of the molecule is ClCC(Cl)(CCl)C[Se]c1ccccc1. The normalized spacial score (nSPS) is 11.6. The fraction of sp³-hybridized carbons (Fsp3) is 0.400. The molecule has 0 radical (unpaired) electrons. The van der Waals surface area contributed by atoms with Crippen molar-refractivity contribution in [2.45, 2.75) is 10.2 Å². The van der Waals surface area contributed by atoms with Gasteiger partial charge in [-0.15, -0.1) is 0 Å². The van der Waals surface area contributed by atoms with Crippen LogP contribution in [0.2, 0.25) is 5.32 Å². The van der Waals surface area contributed by atoms with Crippen molar-refractivity contribution in [2.75, 3.05) is 11.8 Å². The second-order valence-corrected chi connectivity index (χ2v) is 6.56. The number of hydrogen-bond acceptors (Lipinski definition) is 0. The van der Waals surface area contributed by atoms with E-state index in [4.69, 9.17) is 34.8 Å². The van der Waals surface area contributed by atoms with Gasteiger partial charge in [-0.3, -0.25) is 0 Å². The third kappa shape index (κ3) is 4.00. The molecule has 0 saturated heterocycles. The zero-order chi connectivity index (χ0) is 10.4. The van der Waals surface area contributed by atoms with Crippen molar-refractivity contribution in [2.24, 2.45) is 0 Å². The van der Waals surface area contributed by atoms with Crippen LogP contribution < -0.4 is 4.46 Å². The summed E-state index contributed by atoms with van der Waals surface area (Å²) >= 11 is 18.1. The monoisotopic (exact) mass is 316 g/mol. The molecule has 0 unspecified atom stereocenters. The zero-order valence-corrected chi connectivity index (χ0v) is 11.5. The molecule has 0 N–H and O–H groups in total. The Hall–Kier alpha value is 0.609. The summed E-state index contributed by atoms with van der Waals surface area (Å²) in [7, 11) is 0. The van der Waals surface area contributed by atoms with Crippen LogP contribution in [-0.4, -0.2) is 31.6 Å². The Balaban J connectivity index is 2.48. The molecule has 14 heavy (non-hydrogen) atoms. The molecular weight excluding hydrogens is 305 g/mol. The first kappa shape index (κ1) is 12.7. The number of halogens is 3.